The van der Waals surface area contributed by atoms with E-state index in [0.29, 0.717) is 11.4 Å². The van der Waals surface area contributed by atoms with Crippen LogP contribution < -0.4 is 16.4 Å². The molecule has 2 aromatic rings. The van der Waals surface area contributed by atoms with Crippen LogP contribution in [0, 0.1) is 0 Å². The molecule has 2 rings (SSSR count). The highest BCUT2D eigenvalue weighted by molar-refractivity contribution is 9.10. The minimum Gasteiger partial charge on any atom is -0.398 e. The van der Waals surface area contributed by atoms with Crippen LogP contribution in [-0.2, 0) is 0 Å². The van der Waals surface area contributed by atoms with Gasteiger partial charge in [-0.05, 0) is 40.2 Å². The first-order valence-corrected chi connectivity index (χ1v) is 6.58. The number of para-hydroxylation sites is 2. The molecule has 0 radical (unpaired) electrons. The summed E-state index contributed by atoms with van der Waals surface area (Å²) in [6.07, 6.45) is 0. The van der Waals surface area contributed by atoms with E-state index in [0.717, 1.165) is 4.47 Å². The molecule has 0 aliphatic rings. The van der Waals surface area contributed by atoms with Crippen LogP contribution in [0.15, 0.2) is 53.0 Å². The summed E-state index contributed by atoms with van der Waals surface area (Å²) in [6.45, 7) is 0. The van der Waals surface area contributed by atoms with Crippen molar-refractivity contribution in [2.45, 2.75) is 0 Å². The Morgan fingerprint density at radius 3 is 2.35 bits per heavy atom. The molecule has 0 aliphatic heterocycles. The number of nitrogens with two attached hydrogens (primary N) is 1. The van der Waals surface area contributed by atoms with Crippen molar-refractivity contribution >= 4 is 39.2 Å². The van der Waals surface area contributed by atoms with Gasteiger partial charge in [-0.15, -0.1) is 0 Å². The maximum Gasteiger partial charge on any atom is 0.326 e. The summed E-state index contributed by atoms with van der Waals surface area (Å²) in [5, 5.41) is 4.79. The number of benzene rings is 2. The van der Waals surface area contributed by atoms with Crippen molar-refractivity contribution in [3.05, 3.63) is 58.6 Å². The van der Waals surface area contributed by atoms with Crippen molar-refractivity contribution in [1.29, 1.82) is 0 Å². The largest absolute Gasteiger partial charge is 0.398 e. The van der Waals surface area contributed by atoms with Crippen molar-refractivity contribution < 1.29 is 9.59 Å². The quantitative estimate of drug-likeness (QED) is 0.738. The molecule has 0 spiro atoms. The van der Waals surface area contributed by atoms with E-state index in [1.165, 1.54) is 0 Å². The Morgan fingerprint density at radius 2 is 1.65 bits per heavy atom. The highest BCUT2D eigenvalue weighted by Gasteiger charge is 2.13. The third-order valence-corrected chi connectivity index (χ3v) is 3.25. The topological polar surface area (TPSA) is 84.2 Å². The molecule has 102 valence electrons. The van der Waals surface area contributed by atoms with E-state index < -0.39 is 11.9 Å². The number of nitrogen functional groups attached to an aromatic ring is 1. The normalized spacial score (nSPS) is 9.85. The first-order chi connectivity index (χ1) is 9.58. The van der Waals surface area contributed by atoms with E-state index in [-0.39, 0.29) is 5.56 Å². The van der Waals surface area contributed by atoms with Crippen molar-refractivity contribution in [2.75, 3.05) is 11.1 Å². The first-order valence-electron chi connectivity index (χ1n) is 5.79. The summed E-state index contributed by atoms with van der Waals surface area (Å²) < 4.78 is 0.724. The first kappa shape index (κ1) is 14.1. The fraction of sp³-hybridized carbons (Fsp3) is 0. The van der Waals surface area contributed by atoms with Crippen LogP contribution >= 0.6 is 15.9 Å². The van der Waals surface area contributed by atoms with E-state index in [4.69, 9.17) is 5.73 Å². The molecule has 0 aliphatic carbocycles. The van der Waals surface area contributed by atoms with Gasteiger partial charge in [-0.3, -0.25) is 10.1 Å². The van der Waals surface area contributed by atoms with Gasteiger partial charge in [-0.1, -0.05) is 24.3 Å². The molecule has 4 N–H and O–H groups in total. The SMILES string of the molecule is Nc1ccccc1C(=O)NC(=O)Nc1ccccc1Br. The Hall–Kier alpha value is -2.34. The molecular formula is C14H12BrN3O2. The van der Waals surface area contributed by atoms with Crippen LogP contribution in [-0.4, -0.2) is 11.9 Å². The van der Waals surface area contributed by atoms with Crippen molar-refractivity contribution in [3.63, 3.8) is 0 Å². The van der Waals surface area contributed by atoms with Crippen LogP contribution in [0.3, 0.4) is 0 Å². The van der Waals surface area contributed by atoms with Gasteiger partial charge in [0.1, 0.15) is 0 Å². The standard InChI is InChI=1S/C14H12BrN3O2/c15-10-6-2-4-8-12(10)17-14(20)18-13(19)9-5-1-3-7-11(9)16/h1-8H,16H2,(H2,17,18,19,20). The van der Waals surface area contributed by atoms with Crippen LogP contribution in [0.1, 0.15) is 10.4 Å². The highest BCUT2D eigenvalue weighted by Crippen LogP contribution is 2.21. The van der Waals surface area contributed by atoms with Crippen molar-refractivity contribution in [3.8, 4) is 0 Å². The number of rotatable bonds is 2. The lowest BCUT2D eigenvalue weighted by Crippen LogP contribution is -2.34. The number of amides is 3. The van der Waals surface area contributed by atoms with Gasteiger partial charge in [-0.2, -0.15) is 0 Å². The van der Waals surface area contributed by atoms with Crippen molar-refractivity contribution in [1.82, 2.24) is 5.32 Å². The second kappa shape index (κ2) is 6.21. The molecule has 0 unspecified atom stereocenters. The summed E-state index contributed by atoms with van der Waals surface area (Å²) in [7, 11) is 0. The predicted octanol–water partition coefficient (Wildman–Crippen LogP) is 2.99. The molecule has 20 heavy (non-hydrogen) atoms. The summed E-state index contributed by atoms with van der Waals surface area (Å²) in [5.41, 5.74) is 6.82. The van der Waals surface area contributed by atoms with Gasteiger partial charge in [0.2, 0.25) is 0 Å². The molecule has 0 saturated carbocycles. The Labute approximate surface area is 124 Å². The molecular weight excluding hydrogens is 322 g/mol. The Kier molecular flexibility index (Phi) is 4.37. The number of nitrogens with one attached hydrogen (secondary N) is 2. The lowest BCUT2D eigenvalue weighted by Gasteiger charge is -2.09. The maximum absolute atomic E-state index is 11.9. The molecule has 0 saturated heterocycles. The van der Waals surface area contributed by atoms with E-state index in [1.54, 1.807) is 42.5 Å². The number of hydrogen-bond acceptors (Lipinski definition) is 3. The monoisotopic (exact) mass is 333 g/mol. The second-order valence-electron chi connectivity index (χ2n) is 3.98. The number of halogens is 1. The lowest BCUT2D eigenvalue weighted by atomic mass is 10.2. The third-order valence-electron chi connectivity index (χ3n) is 2.55. The number of imide groups is 1. The van der Waals surface area contributed by atoms with Gasteiger partial charge in [0.25, 0.3) is 5.91 Å². The fourth-order valence-electron chi connectivity index (χ4n) is 1.59. The van der Waals surface area contributed by atoms with Gasteiger partial charge < -0.3 is 11.1 Å². The number of hydrogen-bond donors (Lipinski definition) is 3. The van der Waals surface area contributed by atoms with Gasteiger partial charge in [0, 0.05) is 10.2 Å². The average molecular weight is 334 g/mol. The molecule has 6 heteroatoms. The smallest absolute Gasteiger partial charge is 0.326 e. The van der Waals surface area contributed by atoms with Gasteiger partial charge in [-0.25, -0.2) is 4.79 Å². The molecule has 0 aromatic heterocycles. The van der Waals surface area contributed by atoms with Gasteiger partial charge in [0.15, 0.2) is 0 Å². The number of carbonyl (C=O) groups excluding carboxylic acids is 2. The van der Waals surface area contributed by atoms with Crippen LogP contribution in [0.5, 0.6) is 0 Å². The van der Waals surface area contributed by atoms with Gasteiger partial charge in [0.05, 0.1) is 11.3 Å². The number of anilines is 2. The van der Waals surface area contributed by atoms with E-state index in [9.17, 15) is 9.59 Å². The highest BCUT2D eigenvalue weighted by atomic mass is 79.9. The minimum absolute atomic E-state index is 0.259. The predicted molar refractivity (Wildman–Crippen MR) is 81.5 cm³/mol. The zero-order chi connectivity index (χ0) is 14.5. The molecule has 0 fully saturated rings. The lowest BCUT2D eigenvalue weighted by molar-refractivity contribution is 0.0968. The zero-order valence-electron chi connectivity index (χ0n) is 10.4. The molecule has 0 atom stereocenters. The summed E-state index contributed by atoms with van der Waals surface area (Å²) in [6, 6.07) is 13.0. The summed E-state index contributed by atoms with van der Waals surface area (Å²) in [5.74, 6) is -0.548. The Morgan fingerprint density at radius 1 is 1.00 bits per heavy atom. The Bertz CT molecular complexity index is 658. The minimum atomic E-state index is -0.620. The molecule has 0 heterocycles. The molecule has 2 aromatic carbocycles. The Balaban J connectivity index is 2.04. The molecule has 0 bridgehead atoms. The van der Waals surface area contributed by atoms with Crippen LogP contribution in [0.2, 0.25) is 0 Å². The third kappa shape index (κ3) is 3.36. The van der Waals surface area contributed by atoms with Crippen LogP contribution in [0.25, 0.3) is 0 Å². The van der Waals surface area contributed by atoms with E-state index in [2.05, 4.69) is 26.6 Å². The molecule has 3 amide bonds. The fourth-order valence-corrected chi connectivity index (χ4v) is 1.97. The maximum atomic E-state index is 11.9. The molecule has 5 nitrogen and oxygen atoms in total. The number of urea groups is 1. The number of carbonyl (C=O) groups is 2. The zero-order valence-corrected chi connectivity index (χ0v) is 12.0. The second-order valence-corrected chi connectivity index (χ2v) is 4.83. The van der Waals surface area contributed by atoms with Gasteiger partial charge >= 0.3 is 6.03 Å². The van der Waals surface area contributed by atoms with Crippen molar-refractivity contribution in [2.24, 2.45) is 0 Å². The van der Waals surface area contributed by atoms with E-state index in [1.807, 2.05) is 6.07 Å². The average Bonchev–Trinajstić information content (AvgIpc) is 2.41. The van der Waals surface area contributed by atoms with Crippen LogP contribution in [0.4, 0.5) is 16.2 Å². The summed E-state index contributed by atoms with van der Waals surface area (Å²) >= 11 is 3.30. The summed E-state index contributed by atoms with van der Waals surface area (Å²) in [4.78, 5) is 23.6. The van der Waals surface area contributed by atoms with E-state index >= 15 is 0 Å².